The Labute approximate surface area is 114 Å². The van der Waals surface area contributed by atoms with Crippen molar-refractivity contribution >= 4 is 11.3 Å². The van der Waals surface area contributed by atoms with E-state index in [1.54, 1.807) is 0 Å². The molecule has 1 aliphatic heterocycles. The van der Waals surface area contributed by atoms with Crippen molar-refractivity contribution in [3.05, 3.63) is 16.1 Å². The molecular formula is C14H25N3S. The van der Waals surface area contributed by atoms with E-state index in [0.717, 1.165) is 32.5 Å². The first-order valence-electron chi connectivity index (χ1n) is 6.90. The van der Waals surface area contributed by atoms with E-state index in [1.807, 2.05) is 11.3 Å². The molecule has 0 aromatic carbocycles. The normalized spacial score (nSPS) is 20.0. The van der Waals surface area contributed by atoms with Crippen molar-refractivity contribution in [2.75, 3.05) is 19.6 Å². The maximum absolute atomic E-state index is 4.92. The maximum atomic E-state index is 4.92. The molecule has 0 saturated carbocycles. The molecule has 3 nitrogen and oxygen atoms in total. The third-order valence-electron chi connectivity index (χ3n) is 3.65. The number of nitrogens with zero attached hydrogens (tertiary/aromatic N) is 1. The van der Waals surface area contributed by atoms with E-state index >= 15 is 0 Å². The van der Waals surface area contributed by atoms with Crippen LogP contribution in [0.4, 0.5) is 0 Å². The van der Waals surface area contributed by atoms with Crippen LogP contribution in [0.3, 0.4) is 0 Å². The topological polar surface area (TPSA) is 37.0 Å². The van der Waals surface area contributed by atoms with Gasteiger partial charge in [-0.2, -0.15) is 0 Å². The second kappa shape index (κ2) is 5.27. The fraction of sp³-hybridized carbons (Fsp3) is 0.786. The zero-order valence-electron chi connectivity index (χ0n) is 12.0. The van der Waals surface area contributed by atoms with Crippen LogP contribution in [-0.4, -0.2) is 24.6 Å². The Morgan fingerprint density at radius 1 is 1.39 bits per heavy atom. The van der Waals surface area contributed by atoms with Crippen LogP contribution in [0.1, 0.15) is 51.2 Å². The molecule has 0 bridgehead atoms. The van der Waals surface area contributed by atoms with E-state index in [0.29, 0.717) is 0 Å². The molecule has 0 atom stereocenters. The minimum absolute atomic E-state index is 0.105. The molecule has 0 radical (unpaired) electrons. The zero-order valence-corrected chi connectivity index (χ0v) is 12.8. The zero-order chi connectivity index (χ0) is 13.2. The Morgan fingerprint density at radius 3 is 2.56 bits per heavy atom. The highest BCUT2D eigenvalue weighted by molar-refractivity contribution is 7.09. The predicted molar refractivity (Wildman–Crippen MR) is 78.3 cm³/mol. The van der Waals surface area contributed by atoms with Crippen LogP contribution < -0.4 is 10.6 Å². The van der Waals surface area contributed by atoms with Gasteiger partial charge in [0.15, 0.2) is 0 Å². The summed E-state index contributed by atoms with van der Waals surface area (Å²) in [5.41, 5.74) is 1.47. The van der Waals surface area contributed by atoms with Crippen molar-refractivity contribution in [1.29, 1.82) is 0 Å². The first-order valence-corrected chi connectivity index (χ1v) is 7.78. The van der Waals surface area contributed by atoms with Crippen molar-refractivity contribution in [2.45, 2.75) is 51.5 Å². The molecule has 0 amide bonds. The molecule has 0 spiro atoms. The average molecular weight is 267 g/mol. The maximum Gasteiger partial charge on any atom is 0.113 e. The lowest BCUT2D eigenvalue weighted by Crippen LogP contribution is -2.49. The number of rotatable bonds is 3. The summed E-state index contributed by atoms with van der Waals surface area (Å²) in [5.74, 6) is 0. The van der Waals surface area contributed by atoms with Crippen LogP contribution in [0.25, 0.3) is 0 Å². The molecule has 2 rings (SSSR count). The van der Waals surface area contributed by atoms with Gasteiger partial charge in [0.1, 0.15) is 5.01 Å². The SMILES string of the molecule is CCNC1(c2nc(C(C)(C)C)cs2)CCNCC1. The summed E-state index contributed by atoms with van der Waals surface area (Å²) in [4.78, 5) is 4.92. The average Bonchev–Trinajstić information content (AvgIpc) is 2.80. The fourth-order valence-electron chi connectivity index (χ4n) is 2.50. The minimum atomic E-state index is 0.105. The molecule has 0 aliphatic carbocycles. The van der Waals surface area contributed by atoms with Crippen LogP contribution in [0.15, 0.2) is 5.38 Å². The van der Waals surface area contributed by atoms with E-state index in [4.69, 9.17) is 4.98 Å². The highest BCUT2D eigenvalue weighted by atomic mass is 32.1. The summed E-state index contributed by atoms with van der Waals surface area (Å²) in [6.45, 7) is 12.0. The van der Waals surface area contributed by atoms with Gasteiger partial charge in [-0.15, -0.1) is 11.3 Å². The second-order valence-corrected chi connectivity index (χ2v) is 7.01. The Morgan fingerprint density at radius 2 is 2.06 bits per heavy atom. The highest BCUT2D eigenvalue weighted by Gasteiger charge is 2.36. The summed E-state index contributed by atoms with van der Waals surface area (Å²) >= 11 is 1.82. The van der Waals surface area contributed by atoms with Crippen molar-refractivity contribution < 1.29 is 0 Å². The van der Waals surface area contributed by atoms with Crippen molar-refractivity contribution in [3.8, 4) is 0 Å². The lowest BCUT2D eigenvalue weighted by atomic mass is 9.88. The molecular weight excluding hydrogens is 242 g/mol. The predicted octanol–water partition coefficient (Wildman–Crippen LogP) is 2.63. The summed E-state index contributed by atoms with van der Waals surface area (Å²) < 4.78 is 0. The third kappa shape index (κ3) is 2.76. The third-order valence-corrected chi connectivity index (χ3v) is 4.70. The molecule has 1 aromatic rings. The van der Waals surface area contributed by atoms with Gasteiger partial charge in [-0.3, -0.25) is 0 Å². The van der Waals surface area contributed by atoms with Gasteiger partial charge in [-0.25, -0.2) is 4.98 Å². The Kier molecular flexibility index (Phi) is 4.09. The van der Waals surface area contributed by atoms with E-state index < -0.39 is 0 Å². The quantitative estimate of drug-likeness (QED) is 0.884. The van der Waals surface area contributed by atoms with E-state index in [2.05, 4.69) is 43.7 Å². The Balaban J connectivity index is 2.28. The lowest BCUT2D eigenvalue weighted by molar-refractivity contribution is 0.249. The Hall–Kier alpha value is -0.450. The monoisotopic (exact) mass is 267 g/mol. The van der Waals surface area contributed by atoms with Gasteiger partial charge < -0.3 is 10.6 Å². The highest BCUT2D eigenvalue weighted by Crippen LogP contribution is 2.35. The summed E-state index contributed by atoms with van der Waals surface area (Å²) in [6, 6.07) is 0. The molecule has 0 unspecified atom stereocenters. The minimum Gasteiger partial charge on any atom is -0.317 e. The second-order valence-electron chi connectivity index (χ2n) is 6.15. The number of piperidine rings is 1. The summed E-state index contributed by atoms with van der Waals surface area (Å²) in [6.07, 6.45) is 2.27. The van der Waals surface area contributed by atoms with Crippen LogP contribution >= 0.6 is 11.3 Å². The molecule has 102 valence electrons. The van der Waals surface area contributed by atoms with Gasteiger partial charge in [0, 0.05) is 10.8 Å². The summed E-state index contributed by atoms with van der Waals surface area (Å²) in [7, 11) is 0. The van der Waals surface area contributed by atoms with E-state index in [-0.39, 0.29) is 11.0 Å². The van der Waals surface area contributed by atoms with Gasteiger partial charge in [0.05, 0.1) is 11.2 Å². The van der Waals surface area contributed by atoms with E-state index in [1.165, 1.54) is 10.7 Å². The molecule has 18 heavy (non-hydrogen) atoms. The number of hydrogen-bond donors (Lipinski definition) is 2. The number of nitrogens with one attached hydrogen (secondary N) is 2. The smallest absolute Gasteiger partial charge is 0.113 e. The van der Waals surface area contributed by atoms with Gasteiger partial charge in [-0.05, 0) is 32.5 Å². The molecule has 4 heteroatoms. The van der Waals surface area contributed by atoms with Gasteiger partial charge in [-0.1, -0.05) is 27.7 Å². The standard InChI is InChI=1S/C14H25N3S/c1-5-16-14(6-8-15-9-7-14)12-17-11(10-18-12)13(2,3)4/h10,15-16H,5-9H2,1-4H3. The van der Waals surface area contributed by atoms with Crippen molar-refractivity contribution in [2.24, 2.45) is 0 Å². The van der Waals surface area contributed by atoms with Crippen LogP contribution in [-0.2, 0) is 11.0 Å². The molecule has 1 aromatic heterocycles. The van der Waals surface area contributed by atoms with Gasteiger partial charge in [0.2, 0.25) is 0 Å². The number of hydrogen-bond acceptors (Lipinski definition) is 4. The first kappa shape index (κ1) is 14.0. The van der Waals surface area contributed by atoms with Crippen LogP contribution in [0.5, 0.6) is 0 Å². The van der Waals surface area contributed by atoms with Crippen molar-refractivity contribution in [1.82, 2.24) is 15.6 Å². The lowest BCUT2D eigenvalue weighted by Gasteiger charge is -2.36. The number of aromatic nitrogens is 1. The van der Waals surface area contributed by atoms with Crippen molar-refractivity contribution in [3.63, 3.8) is 0 Å². The van der Waals surface area contributed by atoms with Gasteiger partial charge in [0.25, 0.3) is 0 Å². The Bertz CT molecular complexity index is 380. The largest absolute Gasteiger partial charge is 0.317 e. The van der Waals surface area contributed by atoms with Crippen LogP contribution in [0.2, 0.25) is 0 Å². The van der Waals surface area contributed by atoms with E-state index in [9.17, 15) is 0 Å². The number of thiazole rings is 1. The van der Waals surface area contributed by atoms with Crippen LogP contribution in [0, 0.1) is 0 Å². The molecule has 1 aliphatic rings. The fourth-order valence-corrected chi connectivity index (χ4v) is 3.78. The first-order chi connectivity index (χ1) is 8.48. The summed E-state index contributed by atoms with van der Waals surface area (Å²) in [5, 5.41) is 10.6. The molecule has 2 N–H and O–H groups in total. The molecule has 1 fully saturated rings. The molecule has 1 saturated heterocycles. The van der Waals surface area contributed by atoms with Gasteiger partial charge >= 0.3 is 0 Å². The molecule has 2 heterocycles.